The molecule has 0 radical (unpaired) electrons. The molecule has 108 valence electrons. The largest absolute Gasteiger partial charge is 0.0683 e. The number of benzene rings is 2. The summed E-state index contributed by atoms with van der Waals surface area (Å²) in [5.41, 5.74) is 9.30. The molecule has 0 heterocycles. The van der Waals surface area contributed by atoms with E-state index < -0.39 is 0 Å². The molecule has 0 unspecified atom stereocenters. The van der Waals surface area contributed by atoms with Crippen molar-refractivity contribution >= 4 is 11.6 Å². The highest BCUT2D eigenvalue weighted by molar-refractivity contribution is 5.86. The first kappa shape index (κ1) is 15.3. The molecule has 0 spiro atoms. The van der Waals surface area contributed by atoms with Gasteiger partial charge in [0.15, 0.2) is 0 Å². The van der Waals surface area contributed by atoms with Crippen LogP contribution in [0.4, 0.5) is 0 Å². The molecule has 0 aliphatic rings. The summed E-state index contributed by atoms with van der Waals surface area (Å²) >= 11 is 0. The van der Waals surface area contributed by atoms with Gasteiger partial charge in [0, 0.05) is 0 Å². The van der Waals surface area contributed by atoms with Crippen molar-refractivity contribution in [3.8, 4) is 0 Å². The van der Waals surface area contributed by atoms with E-state index in [1.54, 1.807) is 0 Å². The first-order chi connectivity index (χ1) is 10.0. The quantitative estimate of drug-likeness (QED) is 0.585. The van der Waals surface area contributed by atoms with Crippen LogP contribution in [0, 0.1) is 13.8 Å². The third kappa shape index (κ3) is 3.52. The van der Waals surface area contributed by atoms with Gasteiger partial charge in [0.25, 0.3) is 0 Å². The third-order valence-corrected chi connectivity index (χ3v) is 3.87. The Kier molecular flexibility index (Phi) is 4.80. The van der Waals surface area contributed by atoms with E-state index in [4.69, 9.17) is 0 Å². The lowest BCUT2D eigenvalue weighted by Crippen LogP contribution is -1.93. The second kappa shape index (κ2) is 6.58. The third-order valence-electron chi connectivity index (χ3n) is 3.87. The van der Waals surface area contributed by atoms with Crippen molar-refractivity contribution in [3.63, 3.8) is 0 Å². The average Bonchev–Trinajstić information content (AvgIpc) is 2.43. The molecular weight excluding hydrogens is 252 g/mol. The van der Waals surface area contributed by atoms with Gasteiger partial charge in [-0.15, -0.1) is 0 Å². The molecule has 0 fully saturated rings. The summed E-state index contributed by atoms with van der Waals surface area (Å²) in [5.74, 6) is 0. The Hall–Kier alpha value is -2.08. The van der Waals surface area contributed by atoms with Gasteiger partial charge in [-0.05, 0) is 68.0 Å². The molecule has 21 heavy (non-hydrogen) atoms. The fourth-order valence-electron chi connectivity index (χ4n) is 2.78. The molecule has 0 heteroatoms. The highest BCUT2D eigenvalue weighted by Gasteiger charge is 2.09. The summed E-state index contributed by atoms with van der Waals surface area (Å²) in [5, 5.41) is 0. The lowest BCUT2D eigenvalue weighted by Gasteiger charge is -2.14. The van der Waals surface area contributed by atoms with Gasteiger partial charge in [-0.2, -0.15) is 0 Å². The fourth-order valence-corrected chi connectivity index (χ4v) is 2.78. The van der Waals surface area contributed by atoms with Crippen LogP contribution in [0.1, 0.15) is 43.0 Å². The molecule has 2 rings (SSSR count). The van der Waals surface area contributed by atoms with E-state index in [9.17, 15) is 0 Å². The maximum absolute atomic E-state index is 2.30. The van der Waals surface area contributed by atoms with Crippen molar-refractivity contribution in [2.75, 3.05) is 0 Å². The molecule has 0 amide bonds. The van der Waals surface area contributed by atoms with E-state index in [0.717, 1.165) is 0 Å². The van der Waals surface area contributed by atoms with Gasteiger partial charge in [0.1, 0.15) is 0 Å². The molecular formula is C21H24. The van der Waals surface area contributed by atoms with Gasteiger partial charge < -0.3 is 0 Å². The zero-order chi connectivity index (χ0) is 15.4. The first-order valence-electron chi connectivity index (χ1n) is 7.48. The molecule has 0 nitrogen and oxygen atoms in total. The minimum atomic E-state index is 1.29. The average molecular weight is 276 g/mol. The Labute approximate surface area is 128 Å². The summed E-state index contributed by atoms with van der Waals surface area (Å²) in [7, 11) is 0. The highest BCUT2D eigenvalue weighted by Crippen LogP contribution is 2.30. The molecule has 0 N–H and O–H groups in total. The van der Waals surface area contributed by atoms with Crippen LogP contribution >= 0.6 is 0 Å². The number of allylic oxidation sites excluding steroid dienone is 3. The smallest absolute Gasteiger partial charge is 0.0153 e. The van der Waals surface area contributed by atoms with Crippen molar-refractivity contribution in [2.24, 2.45) is 0 Å². The Morgan fingerprint density at radius 2 is 1.33 bits per heavy atom. The molecule has 0 saturated heterocycles. The van der Waals surface area contributed by atoms with Gasteiger partial charge in [0.2, 0.25) is 0 Å². The summed E-state index contributed by atoms with van der Waals surface area (Å²) < 4.78 is 0. The second-order valence-corrected chi connectivity index (χ2v) is 5.87. The Balaban J connectivity index is 2.53. The van der Waals surface area contributed by atoms with E-state index in [1.807, 2.05) is 0 Å². The zero-order valence-electron chi connectivity index (χ0n) is 13.7. The maximum atomic E-state index is 2.30. The van der Waals surface area contributed by atoms with Crippen LogP contribution in [0.5, 0.6) is 0 Å². The molecule has 0 aliphatic heterocycles. The monoisotopic (exact) mass is 276 g/mol. The zero-order valence-corrected chi connectivity index (χ0v) is 13.7. The maximum Gasteiger partial charge on any atom is -0.0153 e. The SMILES string of the molecule is CC(C)=C(/C(C)=C/c1ccccc1C)c1ccccc1C. The Morgan fingerprint density at radius 3 is 1.90 bits per heavy atom. The van der Waals surface area contributed by atoms with Gasteiger partial charge in [-0.25, -0.2) is 0 Å². The number of hydrogen-bond donors (Lipinski definition) is 0. The summed E-state index contributed by atoms with van der Waals surface area (Å²) in [6.45, 7) is 10.9. The van der Waals surface area contributed by atoms with Crippen LogP contribution in [0.2, 0.25) is 0 Å². The van der Waals surface area contributed by atoms with Crippen LogP contribution in [0.25, 0.3) is 11.6 Å². The van der Waals surface area contributed by atoms with Crippen molar-refractivity contribution in [1.82, 2.24) is 0 Å². The first-order valence-corrected chi connectivity index (χ1v) is 7.48. The van der Waals surface area contributed by atoms with E-state index in [1.165, 1.54) is 39.0 Å². The second-order valence-electron chi connectivity index (χ2n) is 5.87. The topological polar surface area (TPSA) is 0 Å². The van der Waals surface area contributed by atoms with Crippen molar-refractivity contribution in [3.05, 3.63) is 81.9 Å². The van der Waals surface area contributed by atoms with E-state index >= 15 is 0 Å². The molecule has 0 atom stereocenters. The summed E-state index contributed by atoms with van der Waals surface area (Å²) in [4.78, 5) is 0. The van der Waals surface area contributed by atoms with Gasteiger partial charge >= 0.3 is 0 Å². The summed E-state index contributed by atoms with van der Waals surface area (Å²) in [6.07, 6.45) is 2.30. The fraction of sp³-hybridized carbons (Fsp3) is 0.238. The molecule has 0 aliphatic carbocycles. The molecule has 2 aromatic carbocycles. The van der Waals surface area contributed by atoms with Crippen LogP contribution in [-0.2, 0) is 0 Å². The predicted molar refractivity (Wildman–Crippen MR) is 94.3 cm³/mol. The molecule has 0 aromatic heterocycles. The number of aryl methyl sites for hydroxylation is 2. The van der Waals surface area contributed by atoms with Crippen molar-refractivity contribution in [1.29, 1.82) is 0 Å². The van der Waals surface area contributed by atoms with Crippen LogP contribution in [0.15, 0.2) is 59.7 Å². The number of rotatable bonds is 3. The number of hydrogen-bond acceptors (Lipinski definition) is 0. The van der Waals surface area contributed by atoms with Gasteiger partial charge in [0.05, 0.1) is 0 Å². The highest BCUT2D eigenvalue weighted by atomic mass is 14.1. The van der Waals surface area contributed by atoms with Crippen LogP contribution in [0.3, 0.4) is 0 Å². The predicted octanol–water partition coefficient (Wildman–Crippen LogP) is 6.20. The van der Waals surface area contributed by atoms with Gasteiger partial charge in [-0.1, -0.05) is 60.2 Å². The van der Waals surface area contributed by atoms with E-state index in [2.05, 4.69) is 89.2 Å². The lowest BCUT2D eigenvalue weighted by atomic mass is 9.90. The van der Waals surface area contributed by atoms with E-state index in [0.29, 0.717) is 0 Å². The van der Waals surface area contributed by atoms with E-state index in [-0.39, 0.29) is 0 Å². The molecule has 0 bridgehead atoms. The van der Waals surface area contributed by atoms with Crippen LogP contribution < -0.4 is 0 Å². The molecule has 2 aromatic rings. The van der Waals surface area contributed by atoms with Gasteiger partial charge in [-0.3, -0.25) is 0 Å². The minimum Gasteiger partial charge on any atom is -0.0683 e. The standard InChI is InChI=1S/C21H24/c1-15(2)21(20-13-9-7-11-17(20)4)18(5)14-19-12-8-6-10-16(19)3/h6-14H,1-5H3/b18-14+. The lowest BCUT2D eigenvalue weighted by molar-refractivity contribution is 1.32. The Morgan fingerprint density at radius 1 is 0.762 bits per heavy atom. The minimum absolute atomic E-state index is 1.29. The normalized spacial score (nSPS) is 11.4. The van der Waals surface area contributed by atoms with Crippen molar-refractivity contribution in [2.45, 2.75) is 34.6 Å². The Bertz CT molecular complexity index is 695. The molecule has 0 saturated carbocycles. The van der Waals surface area contributed by atoms with Crippen LogP contribution in [-0.4, -0.2) is 0 Å². The van der Waals surface area contributed by atoms with Crippen molar-refractivity contribution < 1.29 is 0 Å². The summed E-state index contributed by atoms with van der Waals surface area (Å²) in [6, 6.07) is 17.1.